The second kappa shape index (κ2) is 37.8. The molecule has 5 rings (SSSR count). The van der Waals surface area contributed by atoms with E-state index in [1.807, 2.05) is 52.2 Å². The van der Waals surface area contributed by atoms with Gasteiger partial charge in [0.25, 0.3) is 0 Å². The molecule has 352 valence electrons. The fraction of sp³-hybridized carbons (Fsp3) is 0.333. The predicted octanol–water partition coefficient (Wildman–Crippen LogP) is 14.8. The lowest BCUT2D eigenvalue weighted by Gasteiger charge is -2.25. The minimum absolute atomic E-state index is 0.0648. The fourth-order valence-electron chi connectivity index (χ4n) is 5.87. The number of phenols is 1. The van der Waals surface area contributed by atoms with Crippen LogP contribution in [0.1, 0.15) is 101 Å². The Bertz CT molecular complexity index is 1920. The molecule has 0 saturated heterocycles. The summed E-state index contributed by atoms with van der Waals surface area (Å²) in [6, 6.07) is 36.7. The van der Waals surface area contributed by atoms with E-state index in [9.17, 15) is 8.78 Å². The second-order valence-corrected chi connectivity index (χ2v) is 15.3. The molecule has 2 atom stereocenters. The van der Waals surface area contributed by atoms with E-state index >= 15 is 0 Å². The molecule has 0 aromatic heterocycles. The number of nitrogens with one attached hydrogen (secondary N) is 2. The topological polar surface area (TPSA) is 96.3 Å². The first-order valence-corrected chi connectivity index (χ1v) is 22.1. The number of benzene rings is 5. The van der Waals surface area contributed by atoms with Gasteiger partial charge in [-0.3, -0.25) is 0 Å². The highest BCUT2D eigenvalue weighted by Crippen LogP contribution is 2.26. The molecule has 0 spiro atoms. The zero-order valence-electron chi connectivity index (χ0n) is 41.3. The number of nitrogens with two attached hydrogens (primary N) is 2. The number of aromatic hydroxyl groups is 1. The van der Waals surface area contributed by atoms with Gasteiger partial charge in [0.05, 0.1) is 0 Å². The molecule has 0 radical (unpaired) electrons. The molecule has 0 fully saturated rings. The summed E-state index contributed by atoms with van der Waals surface area (Å²) in [5, 5.41) is 15.3. The van der Waals surface area contributed by atoms with E-state index in [-0.39, 0.29) is 12.0 Å². The zero-order valence-corrected chi connectivity index (χ0v) is 41.3. The Labute approximate surface area is 389 Å². The summed E-state index contributed by atoms with van der Waals surface area (Å²) in [7, 11) is 4.04. The van der Waals surface area contributed by atoms with E-state index in [1.165, 1.54) is 52.4 Å². The van der Waals surface area contributed by atoms with Gasteiger partial charge in [0.1, 0.15) is 5.82 Å². The van der Waals surface area contributed by atoms with Crippen molar-refractivity contribution in [1.29, 1.82) is 0 Å². The van der Waals surface area contributed by atoms with E-state index in [0.717, 1.165) is 36.3 Å². The predicted molar refractivity (Wildman–Crippen MR) is 282 cm³/mol. The van der Waals surface area contributed by atoms with E-state index in [2.05, 4.69) is 170 Å². The van der Waals surface area contributed by atoms with Gasteiger partial charge in [-0.15, -0.1) is 26.3 Å². The van der Waals surface area contributed by atoms with Crippen molar-refractivity contribution >= 4 is 11.8 Å². The summed E-state index contributed by atoms with van der Waals surface area (Å²) in [5.74, 6) is -1.42. The normalized spacial score (nSPS) is 10.5. The van der Waals surface area contributed by atoms with Crippen molar-refractivity contribution in [2.45, 2.75) is 100.0 Å². The number of rotatable bonds is 12. The number of anilines is 1. The SMILES string of the molecule is C=C.C=C.C=CN.C=Cc1ccc(N)cc1.CC.CCc1c(F)ccc(O)c1F.CNCC(C)(C)CCC(C)NC.Cc1ccc(C(C)Cc2ccc(-c3ccccc3)cc2)cc1C. The second-order valence-electron chi connectivity index (χ2n) is 15.3. The highest BCUT2D eigenvalue weighted by Gasteiger charge is 2.17. The van der Waals surface area contributed by atoms with Crippen molar-refractivity contribution in [2.75, 3.05) is 26.4 Å². The maximum Gasteiger partial charge on any atom is 0.170 e. The molecule has 7 N–H and O–H groups in total. The van der Waals surface area contributed by atoms with Crippen LogP contribution < -0.4 is 22.1 Å². The molecule has 5 nitrogen and oxygen atoms in total. The van der Waals surface area contributed by atoms with Crippen LogP contribution in [0.2, 0.25) is 0 Å². The Hall–Kier alpha value is -5.76. The average Bonchev–Trinajstić information content (AvgIpc) is 3.31. The summed E-state index contributed by atoms with van der Waals surface area (Å²) < 4.78 is 25.5. The van der Waals surface area contributed by atoms with Crippen LogP contribution in [0.15, 0.2) is 155 Å². The van der Waals surface area contributed by atoms with Crippen LogP contribution >= 0.6 is 0 Å². The first-order valence-electron chi connectivity index (χ1n) is 22.1. The number of aryl methyl sites for hydroxylation is 2. The zero-order chi connectivity index (χ0) is 49.7. The van der Waals surface area contributed by atoms with Crippen LogP contribution in [-0.2, 0) is 12.8 Å². The molecule has 0 amide bonds. The molecule has 0 heterocycles. The Morgan fingerprint density at radius 2 is 1.30 bits per heavy atom. The minimum atomic E-state index is -0.854. The maximum atomic E-state index is 12.8. The van der Waals surface area contributed by atoms with Crippen LogP contribution in [0.3, 0.4) is 0 Å². The van der Waals surface area contributed by atoms with Crippen molar-refractivity contribution in [2.24, 2.45) is 11.1 Å². The van der Waals surface area contributed by atoms with Gasteiger partial charge >= 0.3 is 0 Å². The quantitative estimate of drug-likeness (QED) is 0.0635. The Kier molecular flexibility index (Phi) is 36.9. The molecule has 0 aliphatic carbocycles. The third-order valence-corrected chi connectivity index (χ3v) is 9.80. The van der Waals surface area contributed by atoms with Crippen LogP contribution in [0.25, 0.3) is 17.2 Å². The van der Waals surface area contributed by atoms with Gasteiger partial charge in [0.15, 0.2) is 11.6 Å². The van der Waals surface area contributed by atoms with E-state index in [1.54, 1.807) is 13.0 Å². The first-order chi connectivity index (χ1) is 30.6. The third-order valence-electron chi connectivity index (χ3n) is 9.80. The van der Waals surface area contributed by atoms with Crippen LogP contribution in [0.5, 0.6) is 5.75 Å². The lowest BCUT2D eigenvalue weighted by molar-refractivity contribution is 0.300. The molecule has 0 saturated carbocycles. The van der Waals surface area contributed by atoms with Crippen molar-refractivity contribution in [3.63, 3.8) is 0 Å². The third kappa shape index (κ3) is 26.7. The van der Waals surface area contributed by atoms with Crippen LogP contribution in [0.4, 0.5) is 14.5 Å². The molecule has 5 aromatic rings. The molecular weight excluding hydrogens is 795 g/mol. The number of phenolic OH excluding ortho intramolecular Hbond substituents is 1. The monoisotopic (exact) mass is 879 g/mol. The first kappa shape index (κ1) is 62.5. The molecule has 2 unspecified atom stereocenters. The summed E-state index contributed by atoms with van der Waals surface area (Å²) in [5.41, 5.74) is 20.5. The number of hydrogen-bond acceptors (Lipinski definition) is 5. The smallest absolute Gasteiger partial charge is 0.170 e. The van der Waals surface area contributed by atoms with Crippen molar-refractivity contribution < 1.29 is 13.9 Å². The van der Waals surface area contributed by atoms with Gasteiger partial charge in [-0.1, -0.05) is 146 Å². The Morgan fingerprint density at radius 1 is 0.766 bits per heavy atom. The maximum absolute atomic E-state index is 12.8. The van der Waals surface area contributed by atoms with Crippen molar-refractivity contribution in [3.8, 4) is 16.9 Å². The molecule has 0 aliphatic heterocycles. The summed E-state index contributed by atoms with van der Waals surface area (Å²) in [4.78, 5) is 0. The lowest BCUT2D eigenvalue weighted by atomic mass is 9.86. The summed E-state index contributed by atoms with van der Waals surface area (Å²) in [6.45, 7) is 39.0. The Morgan fingerprint density at radius 3 is 1.75 bits per heavy atom. The van der Waals surface area contributed by atoms with Gasteiger partial charge < -0.3 is 27.2 Å². The molecule has 0 aliphatic rings. The van der Waals surface area contributed by atoms with E-state index in [0.29, 0.717) is 17.4 Å². The van der Waals surface area contributed by atoms with Gasteiger partial charge in [-0.2, -0.15) is 0 Å². The van der Waals surface area contributed by atoms with Crippen molar-refractivity contribution in [1.82, 2.24) is 10.6 Å². The minimum Gasteiger partial charge on any atom is -0.505 e. The largest absolute Gasteiger partial charge is 0.505 e. The van der Waals surface area contributed by atoms with Gasteiger partial charge in [0, 0.05) is 17.3 Å². The fourth-order valence-corrected chi connectivity index (χ4v) is 5.87. The standard InChI is InChI=1S/C23H24.C10H24N2.C8H8F2O.C8H9N.C2H5N.C2H6.2C2H4/c1-17-9-12-23(16-18(17)2)19(3)15-20-10-13-22(14-11-20)21-7-5-4-6-8-21;1-9(12-5)6-7-10(2,3)8-11-4;1-2-5-6(9)3-4-7(11)8(5)10;1-2-7-3-5-8(9)6-4-7;1-2-3;3*1-2/h4-14,16,19H,15H2,1-3H3;9,11-12H,6-8H2,1-5H3;3-4,11H,2H2,1H3;2-6H,1,9H2;2H,1,3H2;1-2H3;2*1-2H2. The lowest BCUT2D eigenvalue weighted by Crippen LogP contribution is -2.29. The summed E-state index contributed by atoms with van der Waals surface area (Å²) >= 11 is 0. The highest BCUT2D eigenvalue weighted by atomic mass is 19.1. The number of halogens is 2. The average molecular weight is 879 g/mol. The molecule has 0 bridgehead atoms. The van der Waals surface area contributed by atoms with E-state index in [4.69, 9.17) is 10.8 Å². The van der Waals surface area contributed by atoms with Crippen LogP contribution in [-0.4, -0.2) is 31.8 Å². The Balaban J connectivity index is -0.000000777. The van der Waals surface area contributed by atoms with Crippen molar-refractivity contribution in [3.05, 3.63) is 200 Å². The molecular formula is C57H84F2N4O. The van der Waals surface area contributed by atoms with Gasteiger partial charge in [-0.25, -0.2) is 8.78 Å². The van der Waals surface area contributed by atoms with Crippen LogP contribution in [0, 0.1) is 30.9 Å². The number of nitrogen functional groups attached to an aromatic ring is 1. The molecule has 64 heavy (non-hydrogen) atoms. The molecule has 7 heteroatoms. The van der Waals surface area contributed by atoms with Gasteiger partial charge in [-0.05, 0) is 148 Å². The summed E-state index contributed by atoms with van der Waals surface area (Å²) in [6.07, 6.45) is 6.89. The molecule has 5 aromatic carbocycles. The highest BCUT2D eigenvalue weighted by molar-refractivity contribution is 5.63. The van der Waals surface area contributed by atoms with Gasteiger partial charge in [0.2, 0.25) is 0 Å². The van der Waals surface area contributed by atoms with E-state index < -0.39 is 17.4 Å². The number of hydrogen-bond donors (Lipinski definition) is 5.